The molecule has 0 radical (unpaired) electrons. The second-order valence-electron chi connectivity index (χ2n) is 4.13. The molecule has 0 fully saturated rings. The van der Waals surface area contributed by atoms with Gasteiger partial charge in [-0.3, -0.25) is 4.99 Å². The monoisotopic (exact) mass is 237 g/mol. The lowest BCUT2D eigenvalue weighted by molar-refractivity contribution is 0.682. The molecule has 0 saturated heterocycles. The van der Waals surface area contributed by atoms with Gasteiger partial charge in [-0.05, 0) is 44.0 Å². The minimum atomic E-state index is 0.763. The third-order valence-corrected chi connectivity index (χ3v) is 2.79. The molecule has 0 atom stereocenters. The molecule has 16 heavy (non-hydrogen) atoms. The van der Waals surface area contributed by atoms with Crippen molar-refractivity contribution in [3.8, 4) is 0 Å². The van der Waals surface area contributed by atoms with Crippen LogP contribution in [-0.4, -0.2) is 5.71 Å². The summed E-state index contributed by atoms with van der Waals surface area (Å²) in [5, 5.41) is 0.763. The van der Waals surface area contributed by atoms with Gasteiger partial charge in [0.1, 0.15) is 0 Å². The Bertz CT molecular complexity index is 327. The lowest BCUT2D eigenvalue weighted by atomic mass is 10.1. The quantitative estimate of drug-likeness (QED) is 0.464. The van der Waals surface area contributed by atoms with Crippen molar-refractivity contribution in [2.75, 3.05) is 0 Å². The summed E-state index contributed by atoms with van der Waals surface area (Å²) in [6.45, 7) is 4.33. The van der Waals surface area contributed by atoms with Crippen LogP contribution in [0.3, 0.4) is 0 Å². The number of aliphatic imine (C=N–C) groups is 1. The predicted octanol–water partition coefficient (Wildman–Crippen LogP) is 5.40. The van der Waals surface area contributed by atoms with Gasteiger partial charge in [0, 0.05) is 10.7 Å². The van der Waals surface area contributed by atoms with E-state index in [9.17, 15) is 0 Å². The average Bonchev–Trinajstić information content (AvgIpc) is 2.28. The van der Waals surface area contributed by atoms with Crippen LogP contribution in [0.25, 0.3) is 0 Å². The van der Waals surface area contributed by atoms with E-state index in [0.29, 0.717) is 0 Å². The summed E-state index contributed by atoms with van der Waals surface area (Å²) in [7, 11) is 0. The van der Waals surface area contributed by atoms with Crippen LogP contribution in [0.4, 0.5) is 5.69 Å². The van der Waals surface area contributed by atoms with Gasteiger partial charge in [0.25, 0.3) is 0 Å². The highest BCUT2D eigenvalue weighted by atomic mass is 35.5. The van der Waals surface area contributed by atoms with Gasteiger partial charge in [-0.1, -0.05) is 37.8 Å². The third kappa shape index (κ3) is 5.32. The fourth-order valence-electron chi connectivity index (χ4n) is 1.60. The van der Waals surface area contributed by atoms with Gasteiger partial charge in [0.2, 0.25) is 0 Å². The molecule has 0 spiro atoms. The van der Waals surface area contributed by atoms with Crippen molar-refractivity contribution >= 4 is 23.0 Å². The molecular weight excluding hydrogens is 218 g/mol. The van der Waals surface area contributed by atoms with Gasteiger partial charge in [0.05, 0.1) is 5.69 Å². The van der Waals surface area contributed by atoms with Gasteiger partial charge < -0.3 is 0 Å². The zero-order valence-electron chi connectivity index (χ0n) is 10.2. The maximum absolute atomic E-state index is 5.82. The molecule has 0 aliphatic rings. The number of hydrogen-bond acceptors (Lipinski definition) is 1. The first-order valence-corrected chi connectivity index (χ1v) is 6.40. The van der Waals surface area contributed by atoms with Gasteiger partial charge >= 0.3 is 0 Å². The largest absolute Gasteiger partial charge is 0.258 e. The Hall–Kier alpha value is -0.820. The average molecular weight is 238 g/mol. The first kappa shape index (κ1) is 13.2. The molecule has 0 N–H and O–H groups in total. The first-order chi connectivity index (χ1) is 7.72. The van der Waals surface area contributed by atoms with Gasteiger partial charge in [-0.2, -0.15) is 0 Å². The van der Waals surface area contributed by atoms with Crippen LogP contribution in [0.1, 0.15) is 46.0 Å². The molecule has 0 aliphatic carbocycles. The van der Waals surface area contributed by atoms with Crippen LogP contribution in [0, 0.1) is 0 Å². The zero-order valence-corrected chi connectivity index (χ0v) is 10.9. The lowest BCUT2D eigenvalue weighted by Crippen LogP contribution is -1.90. The van der Waals surface area contributed by atoms with Crippen molar-refractivity contribution in [2.24, 2.45) is 4.99 Å². The van der Waals surface area contributed by atoms with Crippen LogP contribution in [-0.2, 0) is 0 Å². The molecule has 1 nitrogen and oxygen atoms in total. The van der Waals surface area contributed by atoms with E-state index in [0.717, 1.165) is 17.1 Å². The Balaban J connectivity index is 2.40. The van der Waals surface area contributed by atoms with Gasteiger partial charge in [-0.15, -0.1) is 0 Å². The highest BCUT2D eigenvalue weighted by Gasteiger charge is 1.94. The maximum Gasteiger partial charge on any atom is 0.0629 e. The topological polar surface area (TPSA) is 12.4 Å². The van der Waals surface area contributed by atoms with Crippen LogP contribution >= 0.6 is 11.6 Å². The van der Waals surface area contributed by atoms with E-state index in [1.54, 1.807) is 0 Å². The molecule has 0 bridgehead atoms. The number of benzene rings is 1. The molecule has 0 aromatic heterocycles. The normalized spacial score (nSPS) is 11.8. The van der Waals surface area contributed by atoms with E-state index < -0.39 is 0 Å². The van der Waals surface area contributed by atoms with Crippen LogP contribution in [0.2, 0.25) is 5.02 Å². The zero-order chi connectivity index (χ0) is 11.8. The van der Waals surface area contributed by atoms with E-state index in [4.69, 9.17) is 11.6 Å². The maximum atomic E-state index is 5.82. The van der Waals surface area contributed by atoms with Gasteiger partial charge in [0.15, 0.2) is 0 Å². The number of rotatable bonds is 6. The molecule has 0 aliphatic heterocycles. The lowest BCUT2D eigenvalue weighted by Gasteiger charge is -2.01. The summed E-state index contributed by atoms with van der Waals surface area (Å²) in [6.07, 6.45) is 6.27. The summed E-state index contributed by atoms with van der Waals surface area (Å²) in [4.78, 5) is 4.56. The van der Waals surface area contributed by atoms with E-state index in [1.807, 2.05) is 24.3 Å². The van der Waals surface area contributed by atoms with E-state index in [1.165, 1.54) is 31.4 Å². The number of nitrogens with zero attached hydrogens (tertiary/aromatic N) is 1. The highest BCUT2D eigenvalue weighted by Crippen LogP contribution is 2.17. The molecule has 0 heterocycles. The summed E-state index contributed by atoms with van der Waals surface area (Å²) in [6, 6.07) is 7.67. The standard InChI is InChI=1S/C14H20ClN/c1-3-4-5-6-7-12(2)16-14-10-8-13(15)9-11-14/h8-11H,3-7H2,1-2H3. The Morgan fingerprint density at radius 3 is 2.44 bits per heavy atom. The second kappa shape index (κ2) is 7.45. The smallest absolute Gasteiger partial charge is 0.0629 e. The highest BCUT2D eigenvalue weighted by molar-refractivity contribution is 6.30. The minimum Gasteiger partial charge on any atom is -0.258 e. The Morgan fingerprint density at radius 1 is 1.12 bits per heavy atom. The Kier molecular flexibility index (Phi) is 6.17. The fraction of sp³-hybridized carbons (Fsp3) is 0.500. The fourth-order valence-corrected chi connectivity index (χ4v) is 1.73. The predicted molar refractivity (Wildman–Crippen MR) is 73.0 cm³/mol. The molecule has 88 valence electrons. The van der Waals surface area contributed by atoms with Gasteiger partial charge in [-0.25, -0.2) is 0 Å². The van der Waals surface area contributed by atoms with Crippen molar-refractivity contribution in [2.45, 2.75) is 46.0 Å². The summed E-state index contributed by atoms with van der Waals surface area (Å²) >= 11 is 5.82. The number of unbranched alkanes of at least 4 members (excludes halogenated alkanes) is 3. The molecule has 2 heteroatoms. The van der Waals surface area contributed by atoms with Crippen molar-refractivity contribution in [1.29, 1.82) is 0 Å². The Morgan fingerprint density at radius 2 is 1.81 bits per heavy atom. The number of hydrogen-bond donors (Lipinski definition) is 0. The summed E-state index contributed by atoms with van der Waals surface area (Å²) in [5.74, 6) is 0. The van der Waals surface area contributed by atoms with Crippen LogP contribution < -0.4 is 0 Å². The first-order valence-electron chi connectivity index (χ1n) is 6.02. The molecule has 0 unspecified atom stereocenters. The van der Waals surface area contributed by atoms with Crippen LogP contribution in [0.15, 0.2) is 29.3 Å². The van der Waals surface area contributed by atoms with E-state index >= 15 is 0 Å². The molecular formula is C14H20ClN. The molecule has 0 saturated carbocycles. The summed E-state index contributed by atoms with van der Waals surface area (Å²) < 4.78 is 0. The van der Waals surface area contributed by atoms with Crippen molar-refractivity contribution in [3.63, 3.8) is 0 Å². The number of halogens is 1. The van der Waals surface area contributed by atoms with E-state index in [-0.39, 0.29) is 0 Å². The third-order valence-electron chi connectivity index (χ3n) is 2.54. The molecule has 0 amide bonds. The van der Waals surface area contributed by atoms with Crippen molar-refractivity contribution in [1.82, 2.24) is 0 Å². The molecule has 1 rings (SSSR count). The second-order valence-corrected chi connectivity index (χ2v) is 4.57. The molecule has 1 aromatic rings. The molecule has 1 aromatic carbocycles. The van der Waals surface area contributed by atoms with Crippen molar-refractivity contribution in [3.05, 3.63) is 29.3 Å². The SMILES string of the molecule is CCCCCCC(C)=Nc1ccc(Cl)cc1. The minimum absolute atomic E-state index is 0.763. The Labute approximate surface area is 104 Å². The van der Waals surface area contributed by atoms with Crippen molar-refractivity contribution < 1.29 is 0 Å². The van der Waals surface area contributed by atoms with E-state index in [2.05, 4.69) is 18.8 Å². The summed E-state index contributed by atoms with van der Waals surface area (Å²) in [5.41, 5.74) is 2.20. The van der Waals surface area contributed by atoms with Crippen LogP contribution in [0.5, 0.6) is 0 Å².